The molecule has 0 saturated heterocycles. The fourth-order valence-corrected chi connectivity index (χ4v) is 2.11. The number of carbonyl (C=O) groups excluding carboxylic acids is 1. The second-order valence-electron chi connectivity index (χ2n) is 5.05. The van der Waals surface area contributed by atoms with Crippen LogP contribution in [0.5, 0.6) is 0 Å². The maximum Gasteiger partial charge on any atom is 0.251 e. The number of amides is 1. The molecule has 19 heavy (non-hydrogen) atoms. The van der Waals surface area contributed by atoms with Crippen LogP contribution in [0.2, 0.25) is 0 Å². The number of aromatic nitrogens is 1. The molecule has 1 atom stereocenters. The van der Waals surface area contributed by atoms with Gasteiger partial charge in [0, 0.05) is 17.8 Å². The third-order valence-corrected chi connectivity index (χ3v) is 3.33. The van der Waals surface area contributed by atoms with Crippen LogP contribution in [0, 0.1) is 12.8 Å². The maximum atomic E-state index is 12.0. The summed E-state index contributed by atoms with van der Waals surface area (Å²) in [5.41, 5.74) is 7.01. The van der Waals surface area contributed by atoms with Crippen LogP contribution in [0.3, 0.4) is 0 Å². The molecule has 0 fully saturated rings. The van der Waals surface area contributed by atoms with Crippen molar-refractivity contribution in [2.75, 3.05) is 12.3 Å². The van der Waals surface area contributed by atoms with E-state index in [2.05, 4.69) is 24.1 Å². The summed E-state index contributed by atoms with van der Waals surface area (Å²) >= 11 is 0. The Morgan fingerprint density at radius 3 is 2.74 bits per heavy atom. The highest BCUT2D eigenvalue weighted by molar-refractivity contribution is 5.94. The molecule has 0 spiro atoms. The van der Waals surface area contributed by atoms with Crippen molar-refractivity contribution in [3.05, 3.63) is 23.4 Å². The summed E-state index contributed by atoms with van der Waals surface area (Å²) in [4.78, 5) is 16.1. The molecule has 1 aromatic rings. The molecule has 4 nitrogen and oxygen atoms in total. The number of hydrogen-bond donors (Lipinski definition) is 2. The van der Waals surface area contributed by atoms with Crippen LogP contribution in [-0.2, 0) is 0 Å². The Bertz CT molecular complexity index is 398. The van der Waals surface area contributed by atoms with Crippen molar-refractivity contribution in [1.29, 1.82) is 0 Å². The van der Waals surface area contributed by atoms with Gasteiger partial charge in [0.05, 0.1) is 0 Å². The summed E-state index contributed by atoms with van der Waals surface area (Å²) in [5, 5.41) is 2.99. The maximum absolute atomic E-state index is 12.0. The normalized spacial score (nSPS) is 12.2. The van der Waals surface area contributed by atoms with Crippen LogP contribution >= 0.6 is 0 Å². The number of nitrogens with zero attached hydrogens (tertiary/aromatic N) is 1. The molecule has 1 heterocycles. The molecule has 106 valence electrons. The van der Waals surface area contributed by atoms with E-state index in [1.165, 1.54) is 19.3 Å². The lowest BCUT2D eigenvalue weighted by Crippen LogP contribution is -2.29. The molecule has 0 radical (unpaired) electrons. The predicted octanol–water partition coefficient (Wildman–Crippen LogP) is 2.92. The van der Waals surface area contributed by atoms with Gasteiger partial charge in [-0.05, 0) is 31.4 Å². The Morgan fingerprint density at radius 1 is 1.42 bits per heavy atom. The first-order valence-electron chi connectivity index (χ1n) is 7.09. The Morgan fingerprint density at radius 2 is 2.16 bits per heavy atom. The number of rotatable bonds is 7. The number of pyridine rings is 1. The highest BCUT2D eigenvalue weighted by Gasteiger charge is 2.11. The lowest BCUT2D eigenvalue weighted by Gasteiger charge is -2.15. The van der Waals surface area contributed by atoms with E-state index in [0.717, 1.165) is 18.7 Å². The summed E-state index contributed by atoms with van der Waals surface area (Å²) in [7, 11) is 0. The van der Waals surface area contributed by atoms with Crippen LogP contribution < -0.4 is 11.1 Å². The number of hydrogen-bond acceptors (Lipinski definition) is 3. The van der Waals surface area contributed by atoms with Gasteiger partial charge in [0.2, 0.25) is 0 Å². The summed E-state index contributed by atoms with van der Waals surface area (Å²) in [6.07, 6.45) is 4.68. The molecule has 0 aromatic carbocycles. The molecule has 1 unspecified atom stereocenters. The molecule has 0 aliphatic rings. The Labute approximate surface area is 115 Å². The second-order valence-corrected chi connectivity index (χ2v) is 5.05. The van der Waals surface area contributed by atoms with E-state index < -0.39 is 0 Å². The van der Waals surface area contributed by atoms with Gasteiger partial charge in [0.1, 0.15) is 5.82 Å². The van der Waals surface area contributed by atoms with Gasteiger partial charge in [0.15, 0.2) is 0 Å². The van der Waals surface area contributed by atoms with Crippen molar-refractivity contribution in [3.8, 4) is 0 Å². The van der Waals surface area contributed by atoms with Gasteiger partial charge >= 0.3 is 0 Å². The number of nitrogen functional groups attached to an aromatic ring is 1. The molecule has 0 bridgehead atoms. The number of aryl methyl sites for hydroxylation is 1. The lowest BCUT2D eigenvalue weighted by molar-refractivity contribution is 0.0945. The SMILES string of the molecule is CCCCC(CC)CNC(=O)c1cc(C)nc(N)c1. The first kappa shape index (κ1) is 15.5. The van der Waals surface area contributed by atoms with Gasteiger partial charge in [-0.15, -0.1) is 0 Å². The van der Waals surface area contributed by atoms with E-state index in [9.17, 15) is 4.79 Å². The van der Waals surface area contributed by atoms with Crippen LogP contribution in [0.4, 0.5) is 5.82 Å². The summed E-state index contributed by atoms with van der Waals surface area (Å²) in [6, 6.07) is 3.38. The predicted molar refractivity (Wildman–Crippen MR) is 79.0 cm³/mol. The smallest absolute Gasteiger partial charge is 0.251 e. The van der Waals surface area contributed by atoms with E-state index in [4.69, 9.17) is 5.73 Å². The van der Waals surface area contributed by atoms with Gasteiger partial charge in [-0.25, -0.2) is 4.98 Å². The zero-order valence-electron chi connectivity index (χ0n) is 12.2. The first-order chi connectivity index (χ1) is 9.06. The number of nitrogens with two attached hydrogens (primary N) is 1. The largest absolute Gasteiger partial charge is 0.384 e. The van der Waals surface area contributed by atoms with Gasteiger partial charge in [-0.1, -0.05) is 33.1 Å². The third-order valence-electron chi connectivity index (χ3n) is 3.33. The minimum absolute atomic E-state index is 0.0628. The highest BCUT2D eigenvalue weighted by atomic mass is 16.1. The standard InChI is InChI=1S/C15H25N3O/c1-4-6-7-12(5-2)10-17-15(19)13-8-11(3)18-14(16)9-13/h8-9,12H,4-7,10H2,1-3H3,(H2,16,18)(H,17,19). The molecule has 1 amide bonds. The van der Waals surface area contributed by atoms with Crippen LogP contribution in [0.1, 0.15) is 55.6 Å². The molecule has 3 N–H and O–H groups in total. The summed E-state index contributed by atoms with van der Waals surface area (Å²) in [5.74, 6) is 0.888. The Balaban J connectivity index is 2.54. The molecule has 0 aliphatic carbocycles. The van der Waals surface area contributed by atoms with Gasteiger partial charge in [-0.2, -0.15) is 0 Å². The van der Waals surface area contributed by atoms with Gasteiger partial charge in [-0.3, -0.25) is 4.79 Å². The minimum Gasteiger partial charge on any atom is -0.384 e. The molecular weight excluding hydrogens is 238 g/mol. The number of unbranched alkanes of at least 4 members (excludes halogenated alkanes) is 1. The van der Waals surface area contributed by atoms with Crippen molar-refractivity contribution in [1.82, 2.24) is 10.3 Å². The number of carbonyl (C=O) groups is 1. The molecule has 4 heteroatoms. The highest BCUT2D eigenvalue weighted by Crippen LogP contribution is 2.12. The van der Waals surface area contributed by atoms with Crippen molar-refractivity contribution < 1.29 is 4.79 Å². The monoisotopic (exact) mass is 263 g/mol. The summed E-state index contributed by atoms with van der Waals surface area (Å²) in [6.45, 7) is 6.93. The quantitative estimate of drug-likeness (QED) is 0.794. The van der Waals surface area contributed by atoms with Crippen LogP contribution in [-0.4, -0.2) is 17.4 Å². The average Bonchev–Trinajstić information content (AvgIpc) is 2.37. The van der Waals surface area contributed by atoms with Crippen molar-refractivity contribution in [2.24, 2.45) is 5.92 Å². The lowest BCUT2D eigenvalue weighted by atomic mass is 9.99. The topological polar surface area (TPSA) is 68.0 Å². The third kappa shape index (κ3) is 5.28. The van der Waals surface area contributed by atoms with E-state index >= 15 is 0 Å². The van der Waals surface area contributed by atoms with Crippen LogP contribution in [0.25, 0.3) is 0 Å². The fourth-order valence-electron chi connectivity index (χ4n) is 2.11. The molecule has 0 saturated carbocycles. The fraction of sp³-hybridized carbons (Fsp3) is 0.600. The van der Waals surface area contributed by atoms with E-state index in [-0.39, 0.29) is 5.91 Å². The van der Waals surface area contributed by atoms with Crippen molar-refractivity contribution in [3.63, 3.8) is 0 Å². The minimum atomic E-state index is -0.0628. The Kier molecular flexibility index (Phi) is 6.33. The first-order valence-corrected chi connectivity index (χ1v) is 7.09. The van der Waals surface area contributed by atoms with Gasteiger partial charge < -0.3 is 11.1 Å². The van der Waals surface area contributed by atoms with E-state index in [1.807, 2.05) is 6.92 Å². The molecular formula is C15H25N3O. The van der Waals surface area contributed by atoms with Gasteiger partial charge in [0.25, 0.3) is 5.91 Å². The van der Waals surface area contributed by atoms with Crippen LogP contribution in [0.15, 0.2) is 12.1 Å². The van der Waals surface area contributed by atoms with Crippen molar-refractivity contribution >= 4 is 11.7 Å². The average molecular weight is 263 g/mol. The zero-order valence-corrected chi connectivity index (χ0v) is 12.2. The van der Waals surface area contributed by atoms with E-state index in [1.54, 1.807) is 12.1 Å². The Hall–Kier alpha value is -1.58. The summed E-state index contributed by atoms with van der Waals surface area (Å²) < 4.78 is 0. The van der Waals surface area contributed by atoms with Crippen molar-refractivity contribution in [2.45, 2.75) is 46.5 Å². The molecule has 0 aliphatic heterocycles. The van der Waals surface area contributed by atoms with E-state index in [0.29, 0.717) is 17.3 Å². The molecule has 1 rings (SSSR count). The number of anilines is 1. The zero-order chi connectivity index (χ0) is 14.3. The second kappa shape index (κ2) is 7.77. The molecule has 1 aromatic heterocycles. The number of nitrogens with one attached hydrogen (secondary N) is 1.